The molecule has 8 unspecified atom stereocenters. The Bertz CT molecular complexity index is 1210. The highest BCUT2D eigenvalue weighted by Gasteiger charge is 2.62. The molecule has 8 nitrogen and oxygen atoms in total. The quantitative estimate of drug-likeness (QED) is 0.388. The van der Waals surface area contributed by atoms with Crippen LogP contribution >= 0.6 is 0 Å². The molecule has 0 aliphatic heterocycles. The zero-order chi connectivity index (χ0) is 28.0. The molecule has 210 valence electrons. The molecule has 4 N–H and O–H groups in total. The number of carbonyl (C=O) groups is 2. The molecule has 8 heteroatoms. The first kappa shape index (κ1) is 27.6. The summed E-state index contributed by atoms with van der Waals surface area (Å²) in [5, 5.41) is 37.5. The highest BCUT2D eigenvalue weighted by molar-refractivity contribution is 6.05. The van der Waals surface area contributed by atoms with Gasteiger partial charge < -0.3 is 25.5 Å². The van der Waals surface area contributed by atoms with Crippen LogP contribution in [0.25, 0.3) is 0 Å². The number of amides is 1. The van der Waals surface area contributed by atoms with E-state index >= 15 is 0 Å². The van der Waals surface area contributed by atoms with Crippen LogP contribution in [0.3, 0.4) is 0 Å². The van der Waals surface area contributed by atoms with Gasteiger partial charge in [-0.25, -0.2) is 4.79 Å². The van der Waals surface area contributed by atoms with E-state index in [1.807, 2.05) is 13.0 Å². The number of carbonyl (C=O) groups excluding carboxylic acids is 1. The van der Waals surface area contributed by atoms with Crippen LogP contribution in [0.15, 0.2) is 59.3 Å². The molecule has 1 amide bonds. The van der Waals surface area contributed by atoms with E-state index in [0.29, 0.717) is 29.0 Å². The van der Waals surface area contributed by atoms with Crippen molar-refractivity contribution in [2.45, 2.75) is 77.0 Å². The van der Waals surface area contributed by atoms with Crippen molar-refractivity contribution in [3.8, 4) is 0 Å². The predicted molar refractivity (Wildman–Crippen MR) is 147 cm³/mol. The maximum absolute atomic E-state index is 12.4. The Morgan fingerprint density at radius 3 is 2.54 bits per heavy atom. The first-order chi connectivity index (χ1) is 18.5. The van der Waals surface area contributed by atoms with E-state index in [4.69, 9.17) is 4.84 Å². The Morgan fingerprint density at radius 2 is 1.82 bits per heavy atom. The Morgan fingerprint density at radius 1 is 1.10 bits per heavy atom. The molecule has 0 aromatic heterocycles. The second-order valence-corrected chi connectivity index (χ2v) is 12.5. The fraction of sp³-hybridized carbons (Fsp3) is 0.581. The number of hydrogen-bond donors (Lipinski definition) is 4. The minimum atomic E-state index is -1.51. The Kier molecular flexibility index (Phi) is 7.22. The maximum atomic E-state index is 12.4. The van der Waals surface area contributed by atoms with Gasteiger partial charge in [-0.15, -0.1) is 0 Å². The number of nitrogens with one attached hydrogen (secondary N) is 1. The molecule has 8 atom stereocenters. The van der Waals surface area contributed by atoms with Gasteiger partial charge in [-0.3, -0.25) is 4.79 Å². The van der Waals surface area contributed by atoms with Crippen LogP contribution in [-0.2, 0) is 14.4 Å². The Labute approximate surface area is 229 Å². The number of aliphatic carboxylic acids is 1. The van der Waals surface area contributed by atoms with E-state index in [1.54, 1.807) is 30.3 Å². The number of rotatable bonds is 7. The molecule has 5 rings (SSSR count). The summed E-state index contributed by atoms with van der Waals surface area (Å²) in [5.41, 5.74) is 1.68. The van der Waals surface area contributed by atoms with Gasteiger partial charge >= 0.3 is 5.97 Å². The SMILES string of the molecule is CC12C=CC(=NOCC(=O)NC(C(=O)O)C(O)c3ccccc3)C=C1CCC1C2CCC2(C)C1CCC2(C)O. The molecular formula is C31H40N2O6. The molecule has 0 radical (unpaired) electrons. The van der Waals surface area contributed by atoms with Crippen LogP contribution < -0.4 is 5.32 Å². The molecule has 1 aromatic rings. The minimum Gasteiger partial charge on any atom is -0.480 e. The van der Waals surface area contributed by atoms with Crippen LogP contribution in [0.2, 0.25) is 0 Å². The fourth-order valence-corrected chi connectivity index (χ4v) is 8.01. The van der Waals surface area contributed by atoms with Gasteiger partial charge in [0.2, 0.25) is 0 Å². The summed E-state index contributed by atoms with van der Waals surface area (Å²) in [7, 11) is 0. The summed E-state index contributed by atoms with van der Waals surface area (Å²) in [6, 6.07) is 6.82. The summed E-state index contributed by atoms with van der Waals surface area (Å²) >= 11 is 0. The van der Waals surface area contributed by atoms with Crippen molar-refractivity contribution in [1.29, 1.82) is 0 Å². The second-order valence-electron chi connectivity index (χ2n) is 12.5. The smallest absolute Gasteiger partial charge is 0.329 e. The number of carboxylic acid groups (broad SMARTS) is 1. The normalized spacial score (nSPS) is 37.6. The molecule has 4 aliphatic carbocycles. The van der Waals surface area contributed by atoms with Gasteiger partial charge in [0, 0.05) is 5.41 Å². The fourth-order valence-electron chi connectivity index (χ4n) is 8.01. The number of fused-ring (bicyclic) bond motifs is 5. The summed E-state index contributed by atoms with van der Waals surface area (Å²) in [4.78, 5) is 29.4. The van der Waals surface area contributed by atoms with Gasteiger partial charge in [0.05, 0.1) is 5.60 Å². The van der Waals surface area contributed by atoms with Crippen molar-refractivity contribution in [2.75, 3.05) is 6.61 Å². The average molecular weight is 537 g/mol. The molecule has 3 fully saturated rings. The second kappa shape index (κ2) is 10.2. The number of oxime groups is 1. The molecule has 0 heterocycles. The van der Waals surface area contributed by atoms with Gasteiger partial charge in [0.15, 0.2) is 12.6 Å². The largest absolute Gasteiger partial charge is 0.480 e. The lowest BCUT2D eigenvalue weighted by Crippen LogP contribution is -2.53. The van der Waals surface area contributed by atoms with Crippen molar-refractivity contribution in [3.05, 3.63) is 59.7 Å². The van der Waals surface area contributed by atoms with Gasteiger partial charge in [-0.2, -0.15) is 0 Å². The molecule has 1 aromatic carbocycles. The van der Waals surface area contributed by atoms with Crippen LogP contribution in [0.5, 0.6) is 0 Å². The van der Waals surface area contributed by atoms with E-state index in [2.05, 4.69) is 36.5 Å². The maximum Gasteiger partial charge on any atom is 0.329 e. The van der Waals surface area contributed by atoms with Crippen molar-refractivity contribution < 1.29 is 29.7 Å². The van der Waals surface area contributed by atoms with Crippen LogP contribution in [0.1, 0.15) is 71.0 Å². The minimum absolute atomic E-state index is 0.0120. The van der Waals surface area contributed by atoms with Gasteiger partial charge in [-0.05, 0) is 86.3 Å². The average Bonchev–Trinajstić information content (AvgIpc) is 3.16. The summed E-state index contributed by atoms with van der Waals surface area (Å²) in [5.74, 6) is -0.360. The number of benzene rings is 1. The van der Waals surface area contributed by atoms with E-state index in [-0.39, 0.29) is 10.8 Å². The summed E-state index contributed by atoms with van der Waals surface area (Å²) in [6.07, 6.45) is 11.0. The van der Waals surface area contributed by atoms with Gasteiger partial charge in [0.25, 0.3) is 5.91 Å². The van der Waals surface area contributed by atoms with E-state index < -0.39 is 36.2 Å². The molecule has 3 saturated carbocycles. The van der Waals surface area contributed by atoms with Crippen LogP contribution in [0, 0.1) is 28.6 Å². The predicted octanol–water partition coefficient (Wildman–Crippen LogP) is 4.15. The van der Waals surface area contributed by atoms with E-state index in [1.165, 1.54) is 5.57 Å². The number of aliphatic hydroxyl groups is 2. The third kappa shape index (κ3) is 4.82. The van der Waals surface area contributed by atoms with Crippen molar-refractivity contribution >= 4 is 17.6 Å². The van der Waals surface area contributed by atoms with Crippen LogP contribution in [-0.4, -0.2) is 51.2 Å². The number of allylic oxidation sites excluding steroid dienone is 4. The highest BCUT2D eigenvalue weighted by atomic mass is 16.6. The summed E-state index contributed by atoms with van der Waals surface area (Å²) < 4.78 is 0. The first-order valence-electron chi connectivity index (χ1n) is 14.0. The van der Waals surface area contributed by atoms with E-state index in [9.17, 15) is 24.9 Å². The highest BCUT2D eigenvalue weighted by Crippen LogP contribution is 2.66. The Hall–Kier alpha value is -2.97. The lowest BCUT2D eigenvalue weighted by Gasteiger charge is -2.58. The van der Waals surface area contributed by atoms with Gasteiger partial charge in [0.1, 0.15) is 11.8 Å². The third-order valence-electron chi connectivity index (χ3n) is 10.5. The first-order valence-corrected chi connectivity index (χ1v) is 14.0. The number of carboxylic acids is 1. The molecule has 0 saturated heterocycles. The number of hydrogen-bond acceptors (Lipinski definition) is 6. The molecule has 0 bridgehead atoms. The Balaban J connectivity index is 1.21. The topological polar surface area (TPSA) is 128 Å². The molecule has 0 spiro atoms. The van der Waals surface area contributed by atoms with Gasteiger partial charge in [-0.1, -0.05) is 61.0 Å². The number of nitrogens with zero attached hydrogens (tertiary/aromatic N) is 1. The van der Waals surface area contributed by atoms with Crippen molar-refractivity contribution in [1.82, 2.24) is 5.32 Å². The zero-order valence-corrected chi connectivity index (χ0v) is 23.0. The molecule has 4 aliphatic rings. The number of aliphatic hydroxyl groups excluding tert-OH is 1. The molecular weight excluding hydrogens is 496 g/mol. The third-order valence-corrected chi connectivity index (χ3v) is 10.5. The van der Waals surface area contributed by atoms with Crippen molar-refractivity contribution in [3.63, 3.8) is 0 Å². The standard InChI is InChI=1S/C31H40N2O6/c1-29-14-11-21(33-39-18-25(34)32-26(28(36)37)27(35)19-7-5-4-6-8-19)17-20(29)9-10-22-23(29)12-15-30(2)24(22)13-16-31(30,3)38/h4-8,11,14,17,22-24,26-27,35,38H,9-10,12-13,15-16,18H2,1-3H3,(H,32,34)(H,36,37). The zero-order valence-electron chi connectivity index (χ0n) is 23.0. The van der Waals surface area contributed by atoms with E-state index in [0.717, 1.165) is 38.5 Å². The van der Waals surface area contributed by atoms with Crippen molar-refractivity contribution in [2.24, 2.45) is 33.7 Å². The lowest BCUT2D eigenvalue weighted by atomic mass is 9.47. The van der Waals surface area contributed by atoms with Crippen LogP contribution in [0.4, 0.5) is 0 Å². The lowest BCUT2D eigenvalue weighted by molar-refractivity contribution is -0.146. The summed E-state index contributed by atoms with van der Waals surface area (Å²) in [6.45, 7) is 6.18. The monoisotopic (exact) mass is 536 g/mol. The molecule has 39 heavy (non-hydrogen) atoms.